The number of likely N-dealkylation sites (tertiary alicyclic amines) is 1. The van der Waals surface area contributed by atoms with Crippen LogP contribution in [0.2, 0.25) is 10.0 Å². The summed E-state index contributed by atoms with van der Waals surface area (Å²) in [5.74, 6) is 0.474. The van der Waals surface area contributed by atoms with Gasteiger partial charge in [-0.2, -0.15) is 0 Å². The molecule has 1 N–H and O–H groups in total. The second-order valence-electron chi connectivity index (χ2n) is 9.22. The number of carbonyl (C=O) groups excluding carboxylic acids is 1. The minimum Gasteiger partial charge on any atom is -0.394 e. The van der Waals surface area contributed by atoms with Gasteiger partial charge in [-0.15, -0.1) is 6.58 Å². The molecular formula is C26H29Cl2NO2. The van der Waals surface area contributed by atoms with E-state index in [1.165, 1.54) is 0 Å². The number of hydrogen-bond acceptors (Lipinski definition) is 2. The van der Waals surface area contributed by atoms with Gasteiger partial charge in [0.25, 0.3) is 0 Å². The molecule has 1 unspecified atom stereocenters. The number of carbonyl (C=O) groups is 1. The maximum Gasteiger partial charge on any atom is 0.229 e. The molecule has 1 saturated heterocycles. The molecule has 1 amide bonds. The predicted molar refractivity (Wildman–Crippen MR) is 126 cm³/mol. The summed E-state index contributed by atoms with van der Waals surface area (Å²) in [4.78, 5) is 16.0. The van der Waals surface area contributed by atoms with Crippen molar-refractivity contribution in [3.05, 3.63) is 82.4 Å². The van der Waals surface area contributed by atoms with Gasteiger partial charge in [-0.05, 0) is 67.0 Å². The largest absolute Gasteiger partial charge is 0.394 e. The molecule has 0 aromatic heterocycles. The lowest BCUT2D eigenvalue weighted by Gasteiger charge is -2.52. The number of amides is 1. The van der Waals surface area contributed by atoms with Crippen molar-refractivity contribution in [1.29, 1.82) is 0 Å². The number of allylic oxidation sites excluding steroid dienone is 1. The second kappa shape index (κ2) is 8.97. The van der Waals surface area contributed by atoms with Gasteiger partial charge in [0, 0.05) is 16.0 Å². The molecule has 31 heavy (non-hydrogen) atoms. The number of aliphatic hydroxyl groups is 1. The van der Waals surface area contributed by atoms with Crippen molar-refractivity contribution < 1.29 is 9.90 Å². The van der Waals surface area contributed by atoms with Gasteiger partial charge in [-0.1, -0.05) is 60.5 Å². The zero-order chi connectivity index (χ0) is 22.2. The second-order valence-corrected chi connectivity index (χ2v) is 10.1. The van der Waals surface area contributed by atoms with Gasteiger partial charge < -0.3 is 10.0 Å². The fraction of sp³-hybridized carbons (Fsp3) is 0.423. The average molecular weight is 458 g/mol. The number of halogens is 2. The van der Waals surface area contributed by atoms with Crippen molar-refractivity contribution in [1.82, 2.24) is 4.90 Å². The van der Waals surface area contributed by atoms with Crippen LogP contribution in [0.3, 0.4) is 0 Å². The highest BCUT2D eigenvalue weighted by Gasteiger charge is 2.53. The van der Waals surface area contributed by atoms with Crippen molar-refractivity contribution >= 4 is 29.1 Å². The SMILES string of the molecule is C=CC[C@@]1(C)C[C@H](c2cccc(Cl)c2)[C@@H](c2ccc(Cl)cc2)N(C(CO)C2CC2)C1=O. The molecule has 164 valence electrons. The quantitative estimate of drug-likeness (QED) is 0.488. The van der Waals surface area contributed by atoms with Crippen LogP contribution in [0.25, 0.3) is 0 Å². The Morgan fingerprint density at radius 1 is 1.16 bits per heavy atom. The van der Waals surface area contributed by atoms with Gasteiger partial charge in [0.1, 0.15) is 0 Å². The molecule has 4 atom stereocenters. The third-order valence-electron chi connectivity index (χ3n) is 6.90. The minimum absolute atomic E-state index is 0.0348. The molecule has 2 aliphatic rings. The Bertz CT molecular complexity index is 956. The number of hydrogen-bond donors (Lipinski definition) is 1. The summed E-state index contributed by atoms with van der Waals surface area (Å²) in [6, 6.07) is 15.3. The van der Waals surface area contributed by atoms with E-state index in [1.54, 1.807) is 0 Å². The summed E-state index contributed by atoms with van der Waals surface area (Å²) >= 11 is 12.5. The lowest BCUT2D eigenvalue weighted by Crippen LogP contribution is -2.57. The first-order chi connectivity index (χ1) is 14.9. The first-order valence-electron chi connectivity index (χ1n) is 10.9. The molecule has 3 nitrogen and oxygen atoms in total. The summed E-state index contributed by atoms with van der Waals surface area (Å²) in [6.07, 6.45) is 5.20. The molecule has 2 aromatic rings. The Balaban J connectivity index is 1.89. The monoisotopic (exact) mass is 457 g/mol. The van der Waals surface area contributed by atoms with Gasteiger partial charge in [0.05, 0.1) is 24.1 Å². The highest BCUT2D eigenvalue weighted by atomic mass is 35.5. The molecule has 2 aromatic carbocycles. The summed E-state index contributed by atoms with van der Waals surface area (Å²) in [7, 11) is 0. The predicted octanol–water partition coefficient (Wildman–Crippen LogP) is 6.40. The highest BCUT2D eigenvalue weighted by molar-refractivity contribution is 6.30. The van der Waals surface area contributed by atoms with Crippen LogP contribution in [0.4, 0.5) is 0 Å². The molecule has 1 aliphatic heterocycles. The van der Waals surface area contributed by atoms with E-state index >= 15 is 0 Å². The van der Waals surface area contributed by atoms with E-state index in [1.807, 2.05) is 60.4 Å². The van der Waals surface area contributed by atoms with Gasteiger partial charge in [0.2, 0.25) is 5.91 Å². The van der Waals surface area contributed by atoms with Crippen LogP contribution in [0.5, 0.6) is 0 Å². The molecule has 4 rings (SSSR count). The van der Waals surface area contributed by atoms with Crippen LogP contribution in [0.1, 0.15) is 55.7 Å². The minimum atomic E-state index is -0.583. The summed E-state index contributed by atoms with van der Waals surface area (Å²) in [5, 5.41) is 11.7. The zero-order valence-electron chi connectivity index (χ0n) is 17.8. The van der Waals surface area contributed by atoms with Crippen LogP contribution < -0.4 is 0 Å². The van der Waals surface area contributed by atoms with Crippen molar-refractivity contribution in [2.45, 2.75) is 50.6 Å². The Labute approximate surface area is 194 Å². The average Bonchev–Trinajstić information content (AvgIpc) is 3.58. The number of rotatable bonds is 7. The Hall–Kier alpha value is -1.81. The number of nitrogens with zero attached hydrogens (tertiary/aromatic N) is 1. The summed E-state index contributed by atoms with van der Waals surface area (Å²) < 4.78 is 0. The summed E-state index contributed by atoms with van der Waals surface area (Å²) in [6.45, 7) is 5.91. The van der Waals surface area contributed by atoms with Crippen LogP contribution in [-0.4, -0.2) is 28.6 Å². The van der Waals surface area contributed by atoms with Crippen molar-refractivity contribution in [2.24, 2.45) is 11.3 Å². The van der Waals surface area contributed by atoms with Gasteiger partial charge in [-0.3, -0.25) is 4.79 Å². The molecule has 1 heterocycles. The molecular weight excluding hydrogens is 429 g/mol. The molecule has 0 bridgehead atoms. The van der Waals surface area contributed by atoms with E-state index < -0.39 is 5.41 Å². The fourth-order valence-corrected chi connectivity index (χ4v) is 5.52. The van der Waals surface area contributed by atoms with Gasteiger partial charge in [0.15, 0.2) is 0 Å². The molecule has 1 aliphatic carbocycles. The Morgan fingerprint density at radius 2 is 1.87 bits per heavy atom. The van der Waals surface area contributed by atoms with E-state index in [0.717, 1.165) is 24.0 Å². The highest BCUT2D eigenvalue weighted by Crippen LogP contribution is 2.53. The standard InChI is InChI=1S/C26H29Cl2NO2/c1-3-13-26(2)15-22(19-5-4-6-21(28)14-19)24(18-9-11-20(27)12-10-18)29(25(26)31)23(16-30)17-7-8-17/h3-6,9-12,14,17,22-24,30H,1,7-8,13,15-16H2,2H3/t22-,23?,24-,26+/m1/s1. The van der Waals surface area contributed by atoms with Crippen molar-refractivity contribution in [3.8, 4) is 0 Å². The Morgan fingerprint density at radius 3 is 2.45 bits per heavy atom. The van der Waals surface area contributed by atoms with E-state index in [2.05, 4.69) is 12.6 Å². The van der Waals surface area contributed by atoms with Crippen LogP contribution in [0.15, 0.2) is 61.2 Å². The summed E-state index contributed by atoms with van der Waals surface area (Å²) in [5.41, 5.74) is 1.55. The maximum atomic E-state index is 14.0. The first kappa shape index (κ1) is 22.4. The Kier molecular flexibility index (Phi) is 6.48. The lowest BCUT2D eigenvalue weighted by atomic mass is 9.67. The van der Waals surface area contributed by atoms with E-state index in [9.17, 15) is 9.90 Å². The number of piperidine rings is 1. The van der Waals surface area contributed by atoms with Crippen molar-refractivity contribution in [3.63, 3.8) is 0 Å². The molecule has 2 fully saturated rings. The van der Waals surface area contributed by atoms with Crippen LogP contribution in [0, 0.1) is 11.3 Å². The third-order valence-corrected chi connectivity index (χ3v) is 7.38. The first-order valence-corrected chi connectivity index (χ1v) is 11.7. The van der Waals surface area contributed by atoms with E-state index in [-0.39, 0.29) is 30.5 Å². The molecule has 0 spiro atoms. The van der Waals surface area contributed by atoms with E-state index in [4.69, 9.17) is 23.2 Å². The smallest absolute Gasteiger partial charge is 0.229 e. The van der Waals surface area contributed by atoms with Gasteiger partial charge >= 0.3 is 0 Å². The van der Waals surface area contributed by atoms with Crippen LogP contribution >= 0.6 is 23.2 Å². The van der Waals surface area contributed by atoms with Crippen LogP contribution in [-0.2, 0) is 4.79 Å². The molecule has 1 saturated carbocycles. The molecule has 0 radical (unpaired) electrons. The number of aliphatic hydroxyl groups excluding tert-OH is 1. The third kappa shape index (κ3) is 4.41. The van der Waals surface area contributed by atoms with Gasteiger partial charge in [-0.25, -0.2) is 0 Å². The number of benzene rings is 2. The fourth-order valence-electron chi connectivity index (χ4n) is 5.20. The van der Waals surface area contributed by atoms with Crippen molar-refractivity contribution in [2.75, 3.05) is 6.61 Å². The normalized spacial score (nSPS) is 27.2. The molecule has 5 heteroatoms. The van der Waals surface area contributed by atoms with E-state index in [0.29, 0.717) is 28.8 Å². The lowest BCUT2D eigenvalue weighted by molar-refractivity contribution is -0.156. The zero-order valence-corrected chi connectivity index (χ0v) is 19.3. The maximum absolute atomic E-state index is 14.0. The topological polar surface area (TPSA) is 40.5 Å².